The normalized spacial score (nSPS) is 20.8. The van der Waals surface area contributed by atoms with Gasteiger partial charge in [-0.05, 0) is 45.7 Å². The van der Waals surface area contributed by atoms with E-state index in [4.69, 9.17) is 5.73 Å². The predicted molar refractivity (Wildman–Crippen MR) is 61.6 cm³/mol. The topological polar surface area (TPSA) is 84.2 Å². The lowest BCUT2D eigenvalue weighted by Gasteiger charge is -2.22. The van der Waals surface area contributed by atoms with Gasteiger partial charge < -0.3 is 16.4 Å². The predicted octanol–water partition coefficient (Wildman–Crippen LogP) is -0.244. The van der Waals surface area contributed by atoms with E-state index in [-0.39, 0.29) is 5.91 Å². The van der Waals surface area contributed by atoms with Crippen molar-refractivity contribution in [2.24, 2.45) is 11.7 Å². The summed E-state index contributed by atoms with van der Waals surface area (Å²) in [7, 11) is 0. The molecule has 1 unspecified atom stereocenters. The van der Waals surface area contributed by atoms with Crippen molar-refractivity contribution in [3.05, 3.63) is 0 Å². The van der Waals surface area contributed by atoms with Crippen LogP contribution in [0, 0.1) is 5.92 Å². The van der Waals surface area contributed by atoms with Crippen LogP contribution in [0.3, 0.4) is 0 Å². The van der Waals surface area contributed by atoms with Crippen molar-refractivity contribution in [1.82, 2.24) is 10.6 Å². The van der Waals surface area contributed by atoms with Crippen LogP contribution >= 0.6 is 0 Å². The summed E-state index contributed by atoms with van der Waals surface area (Å²) in [5.74, 6) is -0.0264. The van der Waals surface area contributed by atoms with Crippen LogP contribution in [0.2, 0.25) is 0 Å². The van der Waals surface area contributed by atoms with Gasteiger partial charge in [0, 0.05) is 6.42 Å². The van der Waals surface area contributed by atoms with Crippen LogP contribution in [0.1, 0.15) is 33.1 Å². The van der Waals surface area contributed by atoms with Crippen LogP contribution < -0.4 is 16.4 Å². The second-order valence-corrected chi connectivity index (χ2v) is 4.93. The van der Waals surface area contributed by atoms with Gasteiger partial charge in [0.05, 0.1) is 0 Å². The number of carbonyl (C=O) groups is 2. The highest BCUT2D eigenvalue weighted by Crippen LogP contribution is 2.14. The van der Waals surface area contributed by atoms with Gasteiger partial charge in [-0.3, -0.25) is 9.59 Å². The molecule has 0 spiro atoms. The van der Waals surface area contributed by atoms with Crippen LogP contribution in [-0.2, 0) is 9.59 Å². The molecule has 0 aromatic rings. The molecule has 0 aromatic carbocycles. The molecule has 5 heteroatoms. The van der Waals surface area contributed by atoms with Gasteiger partial charge in [-0.15, -0.1) is 0 Å². The minimum absolute atomic E-state index is 0.101. The highest BCUT2D eigenvalue weighted by molar-refractivity contribution is 5.89. The number of hydrogen-bond donors (Lipinski definition) is 3. The Kier molecular flexibility index (Phi) is 4.29. The zero-order valence-electron chi connectivity index (χ0n) is 10.0. The number of rotatable bonds is 5. The summed E-state index contributed by atoms with van der Waals surface area (Å²) in [4.78, 5) is 22.6. The fourth-order valence-electron chi connectivity index (χ4n) is 1.77. The molecule has 4 N–H and O–H groups in total. The van der Waals surface area contributed by atoms with E-state index < -0.39 is 11.4 Å². The zero-order chi connectivity index (χ0) is 12.2. The fraction of sp³-hybridized carbons (Fsp3) is 0.818. The maximum absolute atomic E-state index is 11.6. The Labute approximate surface area is 96.1 Å². The lowest BCUT2D eigenvalue weighted by atomic mass is 10.0. The number of carbonyl (C=O) groups excluding carboxylic acids is 2. The van der Waals surface area contributed by atoms with E-state index in [9.17, 15) is 9.59 Å². The van der Waals surface area contributed by atoms with Crippen molar-refractivity contribution in [2.45, 2.75) is 38.6 Å². The van der Waals surface area contributed by atoms with E-state index in [2.05, 4.69) is 10.6 Å². The van der Waals surface area contributed by atoms with E-state index in [1.807, 2.05) is 0 Å². The van der Waals surface area contributed by atoms with Crippen LogP contribution in [0.25, 0.3) is 0 Å². The second kappa shape index (κ2) is 5.30. The average Bonchev–Trinajstić information content (AvgIpc) is 2.66. The molecular weight excluding hydrogens is 206 g/mol. The minimum Gasteiger partial charge on any atom is -0.368 e. The molecule has 1 heterocycles. The summed E-state index contributed by atoms with van der Waals surface area (Å²) >= 11 is 0. The van der Waals surface area contributed by atoms with Crippen molar-refractivity contribution in [3.8, 4) is 0 Å². The van der Waals surface area contributed by atoms with Gasteiger partial charge >= 0.3 is 0 Å². The Morgan fingerprint density at radius 2 is 2.19 bits per heavy atom. The number of hydrogen-bond acceptors (Lipinski definition) is 3. The molecule has 0 aromatic heterocycles. The highest BCUT2D eigenvalue weighted by atomic mass is 16.2. The van der Waals surface area contributed by atoms with Gasteiger partial charge in [0.2, 0.25) is 11.8 Å². The zero-order valence-corrected chi connectivity index (χ0v) is 10.0. The van der Waals surface area contributed by atoms with E-state index in [0.717, 1.165) is 25.9 Å². The smallest absolute Gasteiger partial charge is 0.242 e. The Morgan fingerprint density at radius 1 is 1.50 bits per heavy atom. The van der Waals surface area contributed by atoms with Gasteiger partial charge in [0.25, 0.3) is 0 Å². The molecule has 0 radical (unpaired) electrons. The fourth-order valence-corrected chi connectivity index (χ4v) is 1.77. The van der Waals surface area contributed by atoms with Gasteiger partial charge in [0.1, 0.15) is 5.54 Å². The third-order valence-corrected chi connectivity index (χ3v) is 3.01. The maximum Gasteiger partial charge on any atom is 0.242 e. The highest BCUT2D eigenvalue weighted by Gasteiger charge is 2.27. The van der Waals surface area contributed by atoms with E-state index >= 15 is 0 Å². The van der Waals surface area contributed by atoms with Crippen molar-refractivity contribution in [3.63, 3.8) is 0 Å². The molecule has 1 rings (SSSR count). The molecule has 0 aliphatic carbocycles. The Bertz CT molecular complexity index is 270. The van der Waals surface area contributed by atoms with E-state index in [1.165, 1.54) is 0 Å². The second-order valence-electron chi connectivity index (χ2n) is 4.93. The molecule has 1 aliphatic rings. The molecular formula is C11H21N3O2. The molecule has 16 heavy (non-hydrogen) atoms. The summed E-state index contributed by atoms with van der Waals surface area (Å²) in [6.45, 7) is 5.26. The first-order chi connectivity index (χ1) is 7.42. The van der Waals surface area contributed by atoms with E-state index in [1.54, 1.807) is 13.8 Å². The molecule has 92 valence electrons. The third kappa shape index (κ3) is 3.81. The van der Waals surface area contributed by atoms with Crippen LogP contribution in [0.5, 0.6) is 0 Å². The van der Waals surface area contributed by atoms with Crippen LogP contribution in [0.15, 0.2) is 0 Å². The third-order valence-electron chi connectivity index (χ3n) is 3.01. The van der Waals surface area contributed by atoms with Gasteiger partial charge in [0.15, 0.2) is 0 Å². The first kappa shape index (κ1) is 13.0. The van der Waals surface area contributed by atoms with Gasteiger partial charge in [-0.2, -0.15) is 0 Å². The number of primary amides is 1. The molecule has 0 bridgehead atoms. The standard InChI is InChI=1S/C11H21N3O2/c1-11(2,10(12)16)14-9(15)4-3-8-5-6-13-7-8/h8,13H,3-7H2,1-2H3,(H2,12,16)(H,14,15). The number of nitrogens with two attached hydrogens (primary N) is 1. The largest absolute Gasteiger partial charge is 0.368 e. The number of amides is 2. The summed E-state index contributed by atoms with van der Waals surface area (Å²) in [5.41, 5.74) is 4.22. The summed E-state index contributed by atoms with van der Waals surface area (Å²) in [6.07, 6.45) is 2.46. The average molecular weight is 227 g/mol. The Balaban J connectivity index is 2.27. The van der Waals surface area contributed by atoms with Crippen LogP contribution in [0.4, 0.5) is 0 Å². The summed E-state index contributed by atoms with van der Waals surface area (Å²) in [5, 5.41) is 5.90. The van der Waals surface area contributed by atoms with Crippen molar-refractivity contribution < 1.29 is 9.59 Å². The summed E-state index contributed by atoms with van der Waals surface area (Å²) in [6, 6.07) is 0. The summed E-state index contributed by atoms with van der Waals surface area (Å²) < 4.78 is 0. The molecule has 5 nitrogen and oxygen atoms in total. The monoisotopic (exact) mass is 227 g/mol. The van der Waals surface area contributed by atoms with E-state index in [0.29, 0.717) is 12.3 Å². The molecule has 0 saturated carbocycles. The molecule has 1 aliphatic heterocycles. The van der Waals surface area contributed by atoms with Crippen molar-refractivity contribution in [1.29, 1.82) is 0 Å². The minimum atomic E-state index is -0.953. The maximum atomic E-state index is 11.6. The molecule has 2 amide bonds. The Hall–Kier alpha value is -1.10. The molecule has 1 saturated heterocycles. The quantitative estimate of drug-likeness (QED) is 0.606. The van der Waals surface area contributed by atoms with Crippen LogP contribution in [-0.4, -0.2) is 30.4 Å². The van der Waals surface area contributed by atoms with Crippen molar-refractivity contribution >= 4 is 11.8 Å². The Morgan fingerprint density at radius 3 is 2.69 bits per heavy atom. The van der Waals surface area contributed by atoms with Gasteiger partial charge in [-0.25, -0.2) is 0 Å². The first-order valence-corrected chi connectivity index (χ1v) is 5.73. The molecule has 1 atom stereocenters. The first-order valence-electron chi connectivity index (χ1n) is 5.73. The number of nitrogens with one attached hydrogen (secondary N) is 2. The van der Waals surface area contributed by atoms with Crippen molar-refractivity contribution in [2.75, 3.05) is 13.1 Å². The lowest BCUT2D eigenvalue weighted by molar-refractivity contribution is -0.130. The lowest BCUT2D eigenvalue weighted by Crippen LogP contribution is -2.53. The molecule has 1 fully saturated rings. The van der Waals surface area contributed by atoms with Gasteiger partial charge in [-0.1, -0.05) is 0 Å². The SMILES string of the molecule is CC(C)(NC(=O)CCC1CCNC1)C(N)=O.